The maximum absolute atomic E-state index is 8.93. The lowest BCUT2D eigenvalue weighted by molar-refractivity contribution is 0.281. The van der Waals surface area contributed by atoms with Gasteiger partial charge in [0.2, 0.25) is 0 Å². The number of aliphatic hydroxyl groups is 1. The molecule has 0 radical (unpaired) electrons. The average Bonchev–Trinajstić information content (AvgIpc) is 3.03. The fourth-order valence-electron chi connectivity index (χ4n) is 1.87. The van der Waals surface area contributed by atoms with Crippen LogP contribution in [0.5, 0.6) is 0 Å². The van der Waals surface area contributed by atoms with Crippen LogP contribution in [0, 0.1) is 5.92 Å². The van der Waals surface area contributed by atoms with E-state index in [1.165, 1.54) is 24.9 Å². The van der Waals surface area contributed by atoms with Crippen molar-refractivity contribution in [3.8, 4) is 0 Å². The van der Waals surface area contributed by atoms with Gasteiger partial charge < -0.3 is 10.0 Å². The molecule has 1 saturated carbocycles. The van der Waals surface area contributed by atoms with Gasteiger partial charge in [0.05, 0.1) is 6.61 Å². The Balaban J connectivity index is 1.85. The highest BCUT2D eigenvalue weighted by Gasteiger charge is 2.22. The van der Waals surface area contributed by atoms with Gasteiger partial charge in [-0.2, -0.15) is 0 Å². The Kier molecular flexibility index (Phi) is 3.39. The molecule has 1 aliphatic rings. The lowest BCUT2D eigenvalue weighted by Crippen LogP contribution is -2.20. The van der Waals surface area contributed by atoms with Crippen molar-refractivity contribution < 1.29 is 5.11 Å². The van der Waals surface area contributed by atoms with Crippen LogP contribution in [0.4, 0.5) is 0 Å². The van der Waals surface area contributed by atoms with Crippen molar-refractivity contribution in [2.45, 2.75) is 26.0 Å². The van der Waals surface area contributed by atoms with Gasteiger partial charge in [0.1, 0.15) is 0 Å². The Bertz CT molecular complexity index is 303. The first kappa shape index (κ1) is 10.7. The topological polar surface area (TPSA) is 23.5 Å². The number of hydrogen-bond acceptors (Lipinski definition) is 2. The van der Waals surface area contributed by atoms with Gasteiger partial charge in [-0.15, -0.1) is 0 Å². The molecule has 82 valence electrons. The molecule has 0 aliphatic heterocycles. The molecule has 0 saturated heterocycles. The summed E-state index contributed by atoms with van der Waals surface area (Å²) in [6.45, 7) is 2.38. The van der Waals surface area contributed by atoms with E-state index in [4.69, 9.17) is 5.11 Å². The van der Waals surface area contributed by atoms with E-state index in [1.54, 1.807) is 0 Å². The van der Waals surface area contributed by atoms with E-state index >= 15 is 0 Å². The van der Waals surface area contributed by atoms with Gasteiger partial charge in [0.15, 0.2) is 0 Å². The smallest absolute Gasteiger partial charge is 0.0681 e. The Hall–Kier alpha value is -0.860. The minimum Gasteiger partial charge on any atom is -0.392 e. The molecule has 1 aromatic rings. The minimum absolute atomic E-state index is 0.137. The van der Waals surface area contributed by atoms with Gasteiger partial charge in [-0.1, -0.05) is 24.3 Å². The summed E-state index contributed by atoms with van der Waals surface area (Å²) in [5, 5.41) is 8.93. The predicted molar refractivity (Wildman–Crippen MR) is 61.4 cm³/mol. The monoisotopic (exact) mass is 205 g/mol. The zero-order chi connectivity index (χ0) is 10.7. The maximum atomic E-state index is 8.93. The molecule has 1 aliphatic carbocycles. The summed E-state index contributed by atoms with van der Waals surface area (Å²) in [5.41, 5.74) is 2.32. The third-order valence-corrected chi connectivity index (χ3v) is 2.92. The molecule has 1 aromatic carbocycles. The van der Waals surface area contributed by atoms with E-state index in [1.807, 2.05) is 12.1 Å². The van der Waals surface area contributed by atoms with Crippen molar-refractivity contribution in [1.82, 2.24) is 4.90 Å². The van der Waals surface area contributed by atoms with Crippen molar-refractivity contribution in [1.29, 1.82) is 0 Å². The van der Waals surface area contributed by atoms with E-state index in [9.17, 15) is 0 Å². The lowest BCUT2D eigenvalue weighted by Gasteiger charge is -2.16. The molecule has 2 nitrogen and oxygen atoms in total. The molecule has 1 fully saturated rings. The van der Waals surface area contributed by atoms with Crippen LogP contribution in [0.15, 0.2) is 24.3 Å². The predicted octanol–water partition coefficient (Wildman–Crippen LogP) is 2.02. The molecule has 0 bridgehead atoms. The van der Waals surface area contributed by atoms with Gasteiger partial charge in [-0.25, -0.2) is 0 Å². The third kappa shape index (κ3) is 3.33. The third-order valence-electron chi connectivity index (χ3n) is 2.92. The first-order chi connectivity index (χ1) is 7.28. The highest BCUT2D eigenvalue weighted by atomic mass is 16.3. The highest BCUT2D eigenvalue weighted by Crippen LogP contribution is 2.29. The van der Waals surface area contributed by atoms with Crippen molar-refractivity contribution in [2.24, 2.45) is 5.92 Å². The van der Waals surface area contributed by atoms with Crippen LogP contribution in [0.3, 0.4) is 0 Å². The first-order valence-electron chi connectivity index (χ1n) is 5.65. The lowest BCUT2D eigenvalue weighted by atomic mass is 10.1. The van der Waals surface area contributed by atoms with E-state index in [2.05, 4.69) is 24.1 Å². The van der Waals surface area contributed by atoms with Crippen molar-refractivity contribution in [3.05, 3.63) is 35.4 Å². The van der Waals surface area contributed by atoms with Gasteiger partial charge >= 0.3 is 0 Å². The molecule has 2 rings (SSSR count). The molecule has 0 unspecified atom stereocenters. The summed E-state index contributed by atoms with van der Waals surface area (Å²) in [5.74, 6) is 0.951. The van der Waals surface area contributed by atoms with Crippen LogP contribution in [0.1, 0.15) is 24.0 Å². The summed E-state index contributed by atoms with van der Waals surface area (Å²) in [6.07, 6.45) is 2.82. The first-order valence-corrected chi connectivity index (χ1v) is 5.65. The highest BCUT2D eigenvalue weighted by molar-refractivity contribution is 5.21. The largest absolute Gasteiger partial charge is 0.392 e. The van der Waals surface area contributed by atoms with E-state index in [0.717, 1.165) is 18.0 Å². The van der Waals surface area contributed by atoms with Crippen molar-refractivity contribution in [2.75, 3.05) is 13.6 Å². The molecule has 0 heterocycles. The zero-order valence-corrected chi connectivity index (χ0v) is 9.32. The quantitative estimate of drug-likeness (QED) is 0.795. The summed E-state index contributed by atoms with van der Waals surface area (Å²) in [7, 11) is 2.18. The minimum atomic E-state index is 0.137. The molecule has 0 amide bonds. The second kappa shape index (κ2) is 4.77. The molecule has 0 aromatic heterocycles. The summed E-state index contributed by atoms with van der Waals surface area (Å²) in [4.78, 5) is 2.38. The number of rotatable bonds is 5. The summed E-state index contributed by atoms with van der Waals surface area (Å²) >= 11 is 0. The molecular weight excluding hydrogens is 186 g/mol. The van der Waals surface area contributed by atoms with Gasteiger partial charge in [0, 0.05) is 13.1 Å². The molecule has 2 heteroatoms. The zero-order valence-electron chi connectivity index (χ0n) is 9.32. The van der Waals surface area contributed by atoms with Crippen LogP contribution in [-0.2, 0) is 13.2 Å². The average molecular weight is 205 g/mol. The van der Waals surface area contributed by atoms with Crippen molar-refractivity contribution >= 4 is 0 Å². The normalized spacial score (nSPS) is 15.9. The summed E-state index contributed by atoms with van der Waals surface area (Å²) in [6, 6.07) is 8.21. The fourth-order valence-corrected chi connectivity index (χ4v) is 1.87. The van der Waals surface area contributed by atoms with Crippen LogP contribution < -0.4 is 0 Å². The van der Waals surface area contributed by atoms with Crippen LogP contribution in [-0.4, -0.2) is 23.6 Å². The molecule has 1 N–H and O–H groups in total. The molecular formula is C13H19NO. The van der Waals surface area contributed by atoms with Gasteiger partial charge in [-0.05, 0) is 36.9 Å². The van der Waals surface area contributed by atoms with Crippen LogP contribution in [0.25, 0.3) is 0 Å². The van der Waals surface area contributed by atoms with Crippen molar-refractivity contribution in [3.63, 3.8) is 0 Å². The molecule has 15 heavy (non-hydrogen) atoms. The fraction of sp³-hybridized carbons (Fsp3) is 0.538. The van der Waals surface area contributed by atoms with Gasteiger partial charge in [-0.3, -0.25) is 0 Å². The number of benzene rings is 1. The standard InChI is InChI=1S/C13H19NO/c1-14(8-11-2-3-11)9-12-4-6-13(10-15)7-5-12/h4-7,11,15H,2-3,8-10H2,1H3. The number of aliphatic hydroxyl groups excluding tert-OH is 1. The number of nitrogens with zero attached hydrogens (tertiary/aromatic N) is 1. The molecule has 0 spiro atoms. The van der Waals surface area contributed by atoms with E-state index < -0.39 is 0 Å². The molecule has 0 atom stereocenters. The second-order valence-electron chi connectivity index (χ2n) is 4.61. The summed E-state index contributed by atoms with van der Waals surface area (Å²) < 4.78 is 0. The Morgan fingerprint density at radius 2 is 1.80 bits per heavy atom. The Labute approximate surface area is 91.5 Å². The number of hydrogen-bond donors (Lipinski definition) is 1. The van der Waals surface area contributed by atoms with E-state index in [0.29, 0.717) is 0 Å². The maximum Gasteiger partial charge on any atom is 0.0681 e. The van der Waals surface area contributed by atoms with Crippen LogP contribution >= 0.6 is 0 Å². The Morgan fingerprint density at radius 1 is 1.20 bits per heavy atom. The SMILES string of the molecule is CN(Cc1ccc(CO)cc1)CC1CC1. The van der Waals surface area contributed by atoms with Crippen LogP contribution in [0.2, 0.25) is 0 Å². The second-order valence-corrected chi connectivity index (χ2v) is 4.61. The van der Waals surface area contributed by atoms with Gasteiger partial charge in [0.25, 0.3) is 0 Å². The van der Waals surface area contributed by atoms with E-state index in [-0.39, 0.29) is 6.61 Å². The Morgan fingerprint density at radius 3 is 2.33 bits per heavy atom.